The zero-order valence-electron chi connectivity index (χ0n) is 33.3. The molecule has 0 spiro atoms. The monoisotopic (exact) mass is 727 g/mol. The predicted molar refractivity (Wildman–Crippen MR) is 202 cm³/mol. The Morgan fingerprint density at radius 2 is 1.69 bits per heavy atom. The molecule has 2 amide bonds. The molecule has 1 heterocycles. The molecule has 10 atom stereocenters. The molecular formula is C43H70N2O7. The third-order valence-corrected chi connectivity index (χ3v) is 14.6. The van der Waals surface area contributed by atoms with Crippen molar-refractivity contribution in [3.05, 3.63) is 11.6 Å². The van der Waals surface area contributed by atoms with Crippen LogP contribution in [0.3, 0.4) is 0 Å². The van der Waals surface area contributed by atoms with E-state index < -0.39 is 11.9 Å². The number of likely N-dealkylation sites (tertiary alicyclic amines) is 1. The maximum Gasteiger partial charge on any atom is 0.407 e. The summed E-state index contributed by atoms with van der Waals surface area (Å²) in [6, 6.07) is -0.0266. The average Bonchev–Trinajstić information content (AvgIpc) is 3.63. The fraction of sp³-hybridized carbons (Fsp3) is 0.860. The molecule has 9 heteroatoms. The van der Waals surface area contributed by atoms with Gasteiger partial charge in [0.2, 0.25) is 5.91 Å². The van der Waals surface area contributed by atoms with E-state index in [4.69, 9.17) is 14.6 Å². The molecule has 294 valence electrons. The van der Waals surface area contributed by atoms with Gasteiger partial charge in [-0.1, -0.05) is 72.0 Å². The molecule has 0 aromatic carbocycles. The summed E-state index contributed by atoms with van der Waals surface area (Å²) in [5.74, 6) is 3.38. The number of ether oxygens (including phenoxy) is 2. The van der Waals surface area contributed by atoms with Crippen molar-refractivity contribution in [3.8, 4) is 0 Å². The molecule has 3 unspecified atom stereocenters. The van der Waals surface area contributed by atoms with Crippen LogP contribution in [-0.2, 0) is 23.9 Å². The number of nitrogens with zero attached hydrogens (tertiary/aromatic N) is 1. The summed E-state index contributed by atoms with van der Waals surface area (Å²) in [5, 5.41) is 11.7. The van der Waals surface area contributed by atoms with Gasteiger partial charge in [-0.05, 0) is 111 Å². The van der Waals surface area contributed by atoms with Gasteiger partial charge in [-0.2, -0.15) is 0 Å². The van der Waals surface area contributed by atoms with Crippen LogP contribution in [0.1, 0.15) is 157 Å². The second-order valence-corrected chi connectivity index (χ2v) is 18.4. The number of hydrogen-bond donors (Lipinski definition) is 2. The lowest BCUT2D eigenvalue weighted by molar-refractivity contribution is -0.152. The Morgan fingerprint density at radius 1 is 0.904 bits per heavy atom. The maximum absolute atomic E-state index is 12.8. The van der Waals surface area contributed by atoms with Crippen LogP contribution in [0, 0.1) is 46.3 Å². The largest absolute Gasteiger partial charge is 0.481 e. The summed E-state index contributed by atoms with van der Waals surface area (Å²) in [6.45, 7) is 15.3. The number of amides is 2. The van der Waals surface area contributed by atoms with Gasteiger partial charge >= 0.3 is 18.0 Å². The molecule has 0 aromatic rings. The van der Waals surface area contributed by atoms with Gasteiger partial charge in [0.1, 0.15) is 12.2 Å². The quantitative estimate of drug-likeness (QED) is 0.0925. The molecule has 52 heavy (non-hydrogen) atoms. The zero-order chi connectivity index (χ0) is 37.6. The van der Waals surface area contributed by atoms with Crippen molar-refractivity contribution in [2.45, 2.75) is 175 Å². The first kappa shape index (κ1) is 40.6. The number of fused-ring (bicyclic) bond motifs is 5. The van der Waals surface area contributed by atoms with Crippen molar-refractivity contribution >= 4 is 23.9 Å². The highest BCUT2D eigenvalue weighted by Gasteiger charge is 2.59. The van der Waals surface area contributed by atoms with Crippen LogP contribution in [0.25, 0.3) is 0 Å². The molecule has 1 saturated heterocycles. The van der Waals surface area contributed by atoms with Crippen LogP contribution in [0.15, 0.2) is 11.6 Å². The number of carbonyl (C=O) groups is 4. The zero-order valence-corrected chi connectivity index (χ0v) is 33.3. The molecule has 1 aliphatic heterocycles. The molecular weight excluding hydrogens is 656 g/mol. The molecule has 0 radical (unpaired) electrons. The van der Waals surface area contributed by atoms with E-state index in [1.54, 1.807) is 4.90 Å². The van der Waals surface area contributed by atoms with E-state index in [1.165, 1.54) is 56.9 Å². The second-order valence-electron chi connectivity index (χ2n) is 18.4. The first-order chi connectivity index (χ1) is 24.7. The maximum atomic E-state index is 12.8. The van der Waals surface area contributed by atoms with Crippen molar-refractivity contribution in [2.24, 2.45) is 46.3 Å². The smallest absolute Gasteiger partial charge is 0.407 e. The van der Waals surface area contributed by atoms with E-state index in [9.17, 15) is 19.2 Å². The van der Waals surface area contributed by atoms with Gasteiger partial charge in [0.25, 0.3) is 0 Å². The fourth-order valence-corrected chi connectivity index (χ4v) is 11.7. The minimum Gasteiger partial charge on any atom is -0.481 e. The Kier molecular flexibility index (Phi) is 13.8. The van der Waals surface area contributed by atoms with Gasteiger partial charge in [-0.25, -0.2) is 4.79 Å². The van der Waals surface area contributed by atoms with E-state index >= 15 is 0 Å². The Hall–Kier alpha value is -2.58. The molecule has 4 aliphatic carbocycles. The first-order valence-corrected chi connectivity index (χ1v) is 21.1. The number of alkyl carbamates (subject to hydrolysis) is 1. The molecule has 3 saturated carbocycles. The number of rotatable bonds is 16. The summed E-state index contributed by atoms with van der Waals surface area (Å²) >= 11 is 0. The minimum absolute atomic E-state index is 0.0266. The van der Waals surface area contributed by atoms with Gasteiger partial charge in [-0.15, -0.1) is 0 Å². The molecule has 9 nitrogen and oxygen atoms in total. The second kappa shape index (κ2) is 17.7. The standard InChI is InChI=1S/C43H70N2O7/c1-28(2)11-10-12-29(3)35-16-17-36-34-15-14-31-26-32(20-22-42(31,5)37(34)21-23-43(35,36)6)52-41(50)44-24-9-7-8-13-38(46)45-27-33(25-30(45)4)51-40(49)19-18-39(47)48/h14,28-30,32-37H,7-13,15-27H2,1-6H3,(H,44,50)(H,47,48)/t29-,30-,32+,33-,34?,35-,36?,37?,42+,43-/m1/s1. The normalized spacial score (nSPS) is 34.5. The molecule has 0 aromatic heterocycles. The predicted octanol–water partition coefficient (Wildman–Crippen LogP) is 9.08. The van der Waals surface area contributed by atoms with Crippen molar-refractivity contribution in [1.82, 2.24) is 10.2 Å². The van der Waals surface area contributed by atoms with Crippen molar-refractivity contribution < 1.29 is 33.8 Å². The topological polar surface area (TPSA) is 122 Å². The highest BCUT2D eigenvalue weighted by molar-refractivity contribution is 5.78. The lowest BCUT2D eigenvalue weighted by Gasteiger charge is -2.58. The highest BCUT2D eigenvalue weighted by Crippen LogP contribution is 2.67. The van der Waals surface area contributed by atoms with Crippen molar-refractivity contribution in [2.75, 3.05) is 13.1 Å². The lowest BCUT2D eigenvalue weighted by Crippen LogP contribution is -2.51. The summed E-state index contributed by atoms with van der Waals surface area (Å²) < 4.78 is 11.4. The number of allylic oxidation sites excluding steroid dienone is 1. The molecule has 0 bridgehead atoms. The van der Waals surface area contributed by atoms with Crippen LogP contribution >= 0.6 is 0 Å². The minimum atomic E-state index is -1.03. The first-order valence-electron chi connectivity index (χ1n) is 21.1. The third-order valence-electron chi connectivity index (χ3n) is 14.6. The van der Waals surface area contributed by atoms with Crippen LogP contribution in [-0.4, -0.2) is 65.3 Å². The van der Waals surface area contributed by atoms with E-state index in [2.05, 4.69) is 46.0 Å². The fourth-order valence-electron chi connectivity index (χ4n) is 11.7. The van der Waals surface area contributed by atoms with E-state index in [0.29, 0.717) is 31.3 Å². The van der Waals surface area contributed by atoms with Crippen LogP contribution in [0.2, 0.25) is 0 Å². The van der Waals surface area contributed by atoms with Crippen molar-refractivity contribution in [3.63, 3.8) is 0 Å². The van der Waals surface area contributed by atoms with Gasteiger partial charge in [-0.3, -0.25) is 14.4 Å². The number of carboxylic acids is 1. The van der Waals surface area contributed by atoms with Crippen LogP contribution < -0.4 is 5.32 Å². The number of unbranched alkanes of at least 4 members (excludes halogenated alkanes) is 2. The van der Waals surface area contributed by atoms with E-state index in [1.807, 2.05) is 6.92 Å². The average molecular weight is 727 g/mol. The lowest BCUT2D eigenvalue weighted by atomic mass is 9.47. The van der Waals surface area contributed by atoms with Gasteiger partial charge < -0.3 is 24.8 Å². The van der Waals surface area contributed by atoms with Gasteiger partial charge in [0, 0.05) is 31.8 Å². The van der Waals surface area contributed by atoms with Crippen LogP contribution in [0.4, 0.5) is 4.79 Å². The Bertz CT molecular complexity index is 1300. The summed E-state index contributed by atoms with van der Waals surface area (Å²) in [6.07, 6.45) is 18.4. The molecule has 5 aliphatic rings. The Balaban J connectivity index is 0.992. The number of hydrogen-bond acceptors (Lipinski definition) is 6. The van der Waals surface area contributed by atoms with Crippen LogP contribution in [0.5, 0.6) is 0 Å². The number of nitrogens with one attached hydrogen (secondary N) is 1. The Morgan fingerprint density at radius 3 is 2.44 bits per heavy atom. The SMILES string of the molecule is CC(C)CCC[C@@H](C)[C@H]1CCC2C3CC=C4C[C@@H](OC(=O)NCCCCCC(=O)N5C[C@H](OC(=O)CCC(=O)O)C[C@H]5C)CC[C@]4(C)C3CC[C@@]21C. The summed E-state index contributed by atoms with van der Waals surface area (Å²) in [5.41, 5.74) is 2.27. The molecule has 2 N–H and O–H groups in total. The van der Waals surface area contributed by atoms with E-state index in [-0.39, 0.29) is 48.5 Å². The summed E-state index contributed by atoms with van der Waals surface area (Å²) in [7, 11) is 0. The highest BCUT2D eigenvalue weighted by atomic mass is 16.6. The van der Waals surface area contributed by atoms with Crippen molar-refractivity contribution in [1.29, 1.82) is 0 Å². The van der Waals surface area contributed by atoms with E-state index in [0.717, 1.165) is 74.0 Å². The van der Waals surface area contributed by atoms with Gasteiger partial charge in [0.15, 0.2) is 0 Å². The number of carboxylic acid groups (broad SMARTS) is 1. The number of aliphatic carboxylic acids is 1. The number of carbonyl (C=O) groups excluding carboxylic acids is 3. The Labute approximate surface area is 313 Å². The molecule has 5 rings (SSSR count). The number of esters is 1. The summed E-state index contributed by atoms with van der Waals surface area (Å²) in [4.78, 5) is 50.0. The third kappa shape index (κ3) is 9.55. The molecule has 4 fully saturated rings. The van der Waals surface area contributed by atoms with Gasteiger partial charge in [0.05, 0.1) is 19.4 Å².